The van der Waals surface area contributed by atoms with Gasteiger partial charge in [0.1, 0.15) is 35.9 Å². The van der Waals surface area contributed by atoms with Gasteiger partial charge in [-0.15, -0.1) is 0 Å². The van der Waals surface area contributed by atoms with Gasteiger partial charge in [-0.2, -0.15) is 35.9 Å². The van der Waals surface area contributed by atoms with Crippen molar-refractivity contribution in [1.29, 1.82) is 0 Å². The molecular weight excluding hydrogens is 1510 g/mol. The second-order valence-corrected chi connectivity index (χ2v) is 31.0. The van der Waals surface area contributed by atoms with Gasteiger partial charge in [-0.3, -0.25) is 19.2 Å². The number of likely N-dealkylation sites (tertiary alicyclic amines) is 2. The Labute approximate surface area is 664 Å². The average molecular weight is 1610 g/mol. The van der Waals surface area contributed by atoms with Crippen molar-refractivity contribution in [2.75, 3.05) is 68.8 Å². The Kier molecular flexibility index (Phi) is 30.1. The number of hydrogen-bond donors (Lipinski definition) is 1. The van der Waals surface area contributed by atoms with Crippen molar-refractivity contribution < 1.29 is 108 Å². The van der Waals surface area contributed by atoms with Gasteiger partial charge in [-0.1, -0.05) is 121 Å². The molecule has 2 fully saturated rings. The van der Waals surface area contributed by atoms with E-state index >= 15 is 0 Å². The predicted octanol–water partition coefficient (Wildman–Crippen LogP) is 14.6. The van der Waals surface area contributed by atoms with E-state index in [1.165, 1.54) is 48.1 Å². The summed E-state index contributed by atoms with van der Waals surface area (Å²) in [7, 11) is 0. The van der Waals surface area contributed by atoms with E-state index in [1.807, 2.05) is 97.1 Å². The van der Waals surface area contributed by atoms with E-state index < -0.39 is 136 Å². The lowest BCUT2D eigenvalue weighted by atomic mass is 9.96. The Morgan fingerprint density at radius 2 is 0.913 bits per heavy atom. The minimum absolute atomic E-state index is 0.00981. The highest BCUT2D eigenvalue weighted by Crippen LogP contribution is 2.46. The van der Waals surface area contributed by atoms with Gasteiger partial charge in [0.2, 0.25) is 5.60 Å². The van der Waals surface area contributed by atoms with Crippen molar-refractivity contribution in [1.82, 2.24) is 29.4 Å². The van der Waals surface area contributed by atoms with E-state index in [-0.39, 0.29) is 94.6 Å². The zero-order chi connectivity index (χ0) is 84.5. The van der Waals surface area contributed by atoms with E-state index in [9.17, 15) is 69.8 Å². The highest BCUT2D eigenvalue weighted by Gasteiger charge is 2.49. The zero-order valence-electron chi connectivity index (χ0n) is 66.6. The molecule has 0 aliphatic carbocycles. The van der Waals surface area contributed by atoms with Gasteiger partial charge in [0.05, 0.1) is 52.3 Å². The predicted molar refractivity (Wildman–Crippen MR) is 410 cm³/mol. The van der Waals surface area contributed by atoms with Crippen molar-refractivity contribution in [3.8, 4) is 11.5 Å². The summed E-state index contributed by atoms with van der Waals surface area (Å²) >= 11 is 0. The number of rotatable bonds is 21. The van der Waals surface area contributed by atoms with Crippen LogP contribution in [-0.4, -0.2) is 195 Å². The number of benzene rings is 6. The zero-order valence-corrected chi connectivity index (χ0v) is 66.6. The molecule has 4 aliphatic heterocycles. The molecule has 0 spiro atoms. The normalized spacial score (nSPS) is 17.5. The molecule has 115 heavy (non-hydrogen) atoms. The fraction of sp³-hybridized carbons (Fsp3) is 0.464. The number of aliphatic hydroxyl groups excluding tert-OH is 1. The van der Waals surface area contributed by atoms with Gasteiger partial charge in [0, 0.05) is 77.5 Å². The summed E-state index contributed by atoms with van der Waals surface area (Å²) in [4.78, 5) is 137. The van der Waals surface area contributed by atoms with Crippen molar-refractivity contribution in [3.05, 3.63) is 190 Å². The lowest BCUT2D eigenvalue weighted by Crippen LogP contribution is -2.58. The van der Waals surface area contributed by atoms with Gasteiger partial charge < -0.3 is 72.7 Å². The van der Waals surface area contributed by atoms with Crippen LogP contribution in [0.3, 0.4) is 0 Å². The maximum absolute atomic E-state index is 14.9. The summed E-state index contributed by atoms with van der Waals surface area (Å²) in [5, 5.41) is 10.3. The Balaban J connectivity index is 0.000000278. The Morgan fingerprint density at radius 3 is 1.27 bits per heavy atom. The van der Waals surface area contributed by atoms with Gasteiger partial charge in [-0.25, -0.2) is 19.2 Å². The second kappa shape index (κ2) is 38.8. The largest absolute Gasteiger partial charge is 0.479 e. The molecule has 31 heteroatoms. The van der Waals surface area contributed by atoms with Gasteiger partial charge in [-0.05, 0) is 155 Å². The molecule has 10 rings (SSSR count). The SMILES string of the molecule is CC(C)N(C(=O)c1cc2c(cc1C(F)(F)F)OC(C)(CO)C(=O)N2CCN(Cc1ccccc1)C(=O)OCc1ccccc1)[C@@H]1CCCN(C(=O)OC(C)(C)C)C1.CC1Oc2cc(C(F)(F)F)c(C(=O)N(C(C)C)[C@@H]3CCCN(C(=O)OC(C)(C)C)C3)cc2N(CCN(Cc2ccccc2)C(=O)OCc2ccccc2)C1=O.O=C=O. The van der Waals surface area contributed by atoms with Crippen LogP contribution in [0.4, 0.5) is 56.9 Å². The number of amides is 8. The van der Waals surface area contributed by atoms with Crippen LogP contribution in [0.25, 0.3) is 0 Å². The molecule has 620 valence electrons. The molecule has 8 amide bonds. The number of carbonyl (C=O) groups is 8. The summed E-state index contributed by atoms with van der Waals surface area (Å²) in [6.07, 6.45) is -11.5. The van der Waals surface area contributed by atoms with Crippen molar-refractivity contribution >= 4 is 65.5 Å². The number of fused-ring (bicyclic) bond motifs is 2. The first-order valence-corrected chi connectivity index (χ1v) is 37.9. The summed E-state index contributed by atoms with van der Waals surface area (Å²) < 4.78 is 123. The third-order valence-electron chi connectivity index (χ3n) is 19.1. The Morgan fingerprint density at radius 1 is 0.557 bits per heavy atom. The molecule has 6 aromatic carbocycles. The van der Waals surface area contributed by atoms with Crippen LogP contribution in [0.2, 0.25) is 0 Å². The lowest BCUT2D eigenvalue weighted by molar-refractivity contribution is -0.191. The number of carbonyl (C=O) groups excluding carboxylic acids is 10. The van der Waals surface area contributed by atoms with E-state index in [0.29, 0.717) is 44.8 Å². The first-order chi connectivity index (χ1) is 54.1. The number of halogens is 6. The van der Waals surface area contributed by atoms with Crippen LogP contribution in [0.5, 0.6) is 11.5 Å². The first kappa shape index (κ1) is 89.4. The Hall–Kier alpha value is -11.2. The monoisotopic (exact) mass is 1610 g/mol. The van der Waals surface area contributed by atoms with Crippen LogP contribution in [0, 0.1) is 0 Å². The van der Waals surface area contributed by atoms with Crippen molar-refractivity contribution in [2.45, 2.75) is 194 Å². The maximum atomic E-state index is 14.9. The fourth-order valence-corrected chi connectivity index (χ4v) is 13.8. The minimum Gasteiger partial charge on any atom is -0.479 e. The van der Waals surface area contributed by atoms with E-state index in [1.54, 1.807) is 93.5 Å². The Bertz CT molecular complexity index is 4390. The molecule has 25 nitrogen and oxygen atoms in total. The highest BCUT2D eigenvalue weighted by atomic mass is 19.4. The molecule has 4 atom stereocenters. The number of nitrogens with zero attached hydrogens (tertiary/aromatic N) is 8. The average Bonchev–Trinajstić information content (AvgIpc) is 0.741. The third-order valence-corrected chi connectivity index (χ3v) is 19.1. The molecule has 2 unspecified atom stereocenters. The van der Waals surface area contributed by atoms with Gasteiger partial charge in [0.15, 0.2) is 6.10 Å². The number of anilines is 2. The van der Waals surface area contributed by atoms with Gasteiger partial charge >= 0.3 is 42.9 Å². The standard InChI is InChI=1S/C42H51F3N4O8.C41H49F3N4O7.CO2/c1-28(2)49(31-18-13-19-46(25-31)39(54)57-40(3,4)5)36(51)32-22-34-35(23-33(32)42(43,44)45)56-41(6,27-50)37(52)48(34)21-20-47(24-29-14-9-7-10-15-29)38(53)55-26-30-16-11-8-12-17-30;1-27(2)48(31-18-13-19-45(25-31)39(52)55-40(4,5)6)37(50)32-22-34-35(23-33(32)41(42,43)44)54-28(3)36(49)47(34)21-20-46(24-29-14-9-7-10-15-29)38(51)53-26-30-16-11-8-12-17-30;2-1-3/h7-12,14-17,22-23,28,31,50H,13,18-21,24-27H2,1-6H3;7-12,14-17,22-23,27-28,31H,13,18-21,24-26H2,1-6H3;/t31-,41?;28?,31-;/m11./s1. The minimum atomic E-state index is -5.03. The molecule has 4 aliphatic rings. The second-order valence-electron chi connectivity index (χ2n) is 31.0. The molecule has 0 aromatic heterocycles. The highest BCUT2D eigenvalue weighted by molar-refractivity contribution is 6.06. The summed E-state index contributed by atoms with van der Waals surface area (Å²) in [5.74, 6) is -3.78. The first-order valence-electron chi connectivity index (χ1n) is 37.9. The molecule has 2 saturated heterocycles. The molecule has 0 saturated carbocycles. The van der Waals surface area contributed by atoms with Crippen molar-refractivity contribution in [2.24, 2.45) is 0 Å². The molecule has 6 aromatic rings. The van der Waals surface area contributed by atoms with Crippen LogP contribution in [-0.2, 0) is 76.8 Å². The van der Waals surface area contributed by atoms with Crippen LogP contribution in [0.1, 0.15) is 163 Å². The quantitative estimate of drug-likeness (QED) is 0.0518. The van der Waals surface area contributed by atoms with Crippen LogP contribution >= 0.6 is 0 Å². The molecular formula is C84H100F6N8O17. The van der Waals surface area contributed by atoms with Crippen molar-refractivity contribution in [3.63, 3.8) is 0 Å². The smallest absolute Gasteiger partial charge is 0.417 e. The number of piperidine rings is 2. The van der Waals surface area contributed by atoms with Crippen LogP contribution < -0.4 is 19.3 Å². The summed E-state index contributed by atoms with van der Waals surface area (Å²) in [6, 6.07) is 37.5. The van der Waals surface area contributed by atoms with E-state index in [2.05, 4.69) is 0 Å². The third kappa shape index (κ3) is 24.0. The number of alkyl halides is 6. The summed E-state index contributed by atoms with van der Waals surface area (Å²) in [5.41, 5.74) is -4.47. The molecule has 0 bridgehead atoms. The summed E-state index contributed by atoms with van der Waals surface area (Å²) in [6.45, 7) is 19.5. The number of ether oxygens (including phenoxy) is 6. The number of aliphatic hydroxyl groups is 1. The molecule has 4 heterocycles. The lowest BCUT2D eigenvalue weighted by Gasteiger charge is -2.43. The fourth-order valence-electron chi connectivity index (χ4n) is 13.8. The van der Waals surface area contributed by atoms with Gasteiger partial charge in [0.25, 0.3) is 23.6 Å². The number of hydrogen-bond acceptors (Lipinski definition) is 17. The van der Waals surface area contributed by atoms with E-state index in [0.717, 1.165) is 45.4 Å². The van der Waals surface area contributed by atoms with Crippen LogP contribution in [0.15, 0.2) is 146 Å². The topological polar surface area (TPSA) is 272 Å². The van der Waals surface area contributed by atoms with E-state index in [4.69, 9.17) is 38.0 Å². The maximum Gasteiger partial charge on any atom is 0.417 e. The molecule has 1 N–H and O–H groups in total. The molecule has 0 radical (unpaired) electrons.